The molecule has 2 aliphatic rings. The molecule has 1 aliphatic carbocycles. The normalized spacial score (nSPS) is 20.5. The molecule has 1 N–H and O–H groups in total. The summed E-state index contributed by atoms with van der Waals surface area (Å²) in [6.07, 6.45) is 4.52. The molecular weight excluding hydrogens is 282 g/mol. The van der Waals surface area contributed by atoms with Crippen molar-refractivity contribution in [2.24, 2.45) is 5.92 Å². The first-order valence-electron chi connectivity index (χ1n) is 8.14. The highest BCUT2D eigenvalue weighted by molar-refractivity contribution is 5.74. The van der Waals surface area contributed by atoms with Crippen LogP contribution in [0.25, 0.3) is 0 Å². The summed E-state index contributed by atoms with van der Waals surface area (Å²) in [4.78, 5) is 13.9. The predicted octanol–water partition coefficient (Wildman–Crippen LogP) is 1.49. The molecule has 0 saturated heterocycles. The third-order valence-electron chi connectivity index (χ3n) is 4.42. The van der Waals surface area contributed by atoms with Gasteiger partial charge in [0.15, 0.2) is 5.82 Å². The van der Waals surface area contributed by atoms with Gasteiger partial charge in [-0.1, -0.05) is 0 Å². The van der Waals surface area contributed by atoms with Crippen LogP contribution in [0.15, 0.2) is 0 Å². The van der Waals surface area contributed by atoms with Crippen LogP contribution < -0.4 is 5.32 Å². The van der Waals surface area contributed by atoms with Crippen LogP contribution >= 0.6 is 0 Å². The molecule has 3 rings (SSSR count). The predicted molar refractivity (Wildman–Crippen MR) is 81.4 cm³/mol. The van der Waals surface area contributed by atoms with E-state index >= 15 is 0 Å². The molecule has 1 fully saturated rings. The summed E-state index contributed by atoms with van der Waals surface area (Å²) < 4.78 is 7.67. The first-order valence-corrected chi connectivity index (χ1v) is 8.14. The Hall–Kier alpha value is -1.63. The molecule has 1 aliphatic heterocycles. The molecule has 1 unspecified atom stereocenters. The van der Waals surface area contributed by atoms with Gasteiger partial charge in [-0.25, -0.2) is 4.79 Å². The van der Waals surface area contributed by atoms with Crippen molar-refractivity contribution < 1.29 is 9.53 Å². The van der Waals surface area contributed by atoms with Crippen molar-refractivity contribution in [3.63, 3.8) is 0 Å². The number of urea groups is 1. The monoisotopic (exact) mass is 307 g/mol. The molecule has 122 valence electrons. The molecule has 0 radical (unpaired) electrons. The Labute approximate surface area is 131 Å². The highest BCUT2D eigenvalue weighted by atomic mass is 16.5. The zero-order valence-electron chi connectivity index (χ0n) is 13.4. The maximum atomic E-state index is 12.3. The van der Waals surface area contributed by atoms with Crippen LogP contribution in [0.1, 0.15) is 43.4 Å². The smallest absolute Gasteiger partial charge is 0.317 e. The van der Waals surface area contributed by atoms with Crippen molar-refractivity contribution in [3.05, 3.63) is 11.6 Å². The number of hydrogen-bond acceptors (Lipinski definition) is 4. The zero-order chi connectivity index (χ0) is 15.5. The van der Waals surface area contributed by atoms with E-state index in [0.29, 0.717) is 13.2 Å². The number of fused-ring (bicyclic) bond motifs is 1. The van der Waals surface area contributed by atoms with Crippen LogP contribution in [0.2, 0.25) is 0 Å². The van der Waals surface area contributed by atoms with E-state index in [1.807, 2.05) is 6.92 Å². The first-order chi connectivity index (χ1) is 10.6. The van der Waals surface area contributed by atoms with Gasteiger partial charge in [0.25, 0.3) is 0 Å². The van der Waals surface area contributed by atoms with E-state index in [2.05, 4.69) is 20.1 Å². The zero-order valence-corrected chi connectivity index (χ0v) is 13.4. The minimum absolute atomic E-state index is 0.0442. The number of nitrogens with zero attached hydrogens (tertiary/aromatic N) is 4. The Kier molecular flexibility index (Phi) is 4.61. The second-order valence-corrected chi connectivity index (χ2v) is 6.34. The molecule has 2 amide bonds. The summed E-state index contributed by atoms with van der Waals surface area (Å²) in [5.74, 6) is 2.54. The Morgan fingerprint density at radius 3 is 3.00 bits per heavy atom. The number of aryl methyl sites for hydroxylation is 1. The summed E-state index contributed by atoms with van der Waals surface area (Å²) in [7, 11) is 1.80. The van der Waals surface area contributed by atoms with E-state index in [0.717, 1.165) is 43.6 Å². The van der Waals surface area contributed by atoms with E-state index in [1.165, 1.54) is 12.8 Å². The first kappa shape index (κ1) is 15.3. The second-order valence-electron chi connectivity index (χ2n) is 6.34. The second kappa shape index (κ2) is 6.64. The minimum Gasteiger partial charge on any atom is -0.379 e. The van der Waals surface area contributed by atoms with Crippen molar-refractivity contribution in [1.82, 2.24) is 25.0 Å². The molecule has 1 aromatic rings. The summed E-state index contributed by atoms with van der Waals surface area (Å²) in [5.41, 5.74) is 0. The van der Waals surface area contributed by atoms with Crippen LogP contribution in [0, 0.1) is 12.8 Å². The topological polar surface area (TPSA) is 72.3 Å². The molecule has 0 aromatic carbocycles. The highest BCUT2D eigenvalue weighted by Crippen LogP contribution is 2.28. The number of aromatic nitrogens is 3. The third-order valence-corrected chi connectivity index (χ3v) is 4.42. The molecule has 1 aromatic heterocycles. The lowest BCUT2D eigenvalue weighted by atomic mass is 10.1. The van der Waals surface area contributed by atoms with Crippen molar-refractivity contribution >= 4 is 6.03 Å². The molecule has 2 heterocycles. The van der Waals surface area contributed by atoms with Crippen LogP contribution in [0.5, 0.6) is 0 Å². The molecule has 22 heavy (non-hydrogen) atoms. The quantitative estimate of drug-likeness (QED) is 0.808. The van der Waals surface area contributed by atoms with Crippen LogP contribution in [-0.2, 0) is 11.3 Å². The Balaban J connectivity index is 1.46. The number of likely N-dealkylation sites (N-methyl/N-ethyl adjacent to an activating group) is 1. The number of ether oxygens (including phenoxy) is 1. The molecule has 1 atom stereocenters. The average molecular weight is 307 g/mol. The Bertz CT molecular complexity index is 526. The van der Waals surface area contributed by atoms with Gasteiger partial charge in [0, 0.05) is 26.7 Å². The fourth-order valence-electron chi connectivity index (χ4n) is 2.75. The average Bonchev–Trinajstić information content (AvgIpc) is 3.26. The van der Waals surface area contributed by atoms with Crippen LogP contribution in [0.4, 0.5) is 4.79 Å². The number of rotatable bonds is 6. The third kappa shape index (κ3) is 3.58. The van der Waals surface area contributed by atoms with Crippen molar-refractivity contribution in [2.45, 2.75) is 45.2 Å². The number of nitrogens with one attached hydrogen (secondary N) is 1. The number of hydrogen-bond donors (Lipinski definition) is 1. The SMILES string of the molecule is Cc1nnc2n1CCCC2NC(=O)N(C)CCOCC1CC1. The lowest BCUT2D eigenvalue weighted by molar-refractivity contribution is 0.107. The summed E-state index contributed by atoms with van der Waals surface area (Å²) >= 11 is 0. The number of amides is 2. The van der Waals surface area contributed by atoms with Gasteiger partial charge in [0.1, 0.15) is 5.82 Å². The van der Waals surface area contributed by atoms with Gasteiger partial charge in [0.2, 0.25) is 0 Å². The van der Waals surface area contributed by atoms with Crippen molar-refractivity contribution in [3.8, 4) is 0 Å². The fourth-order valence-corrected chi connectivity index (χ4v) is 2.75. The number of carbonyl (C=O) groups is 1. The van der Waals surface area contributed by atoms with E-state index in [-0.39, 0.29) is 12.1 Å². The van der Waals surface area contributed by atoms with Gasteiger partial charge in [-0.3, -0.25) is 0 Å². The molecule has 1 saturated carbocycles. The number of carbonyl (C=O) groups excluding carboxylic acids is 1. The fraction of sp³-hybridized carbons (Fsp3) is 0.800. The maximum Gasteiger partial charge on any atom is 0.317 e. The van der Waals surface area contributed by atoms with Gasteiger partial charge in [-0.15, -0.1) is 10.2 Å². The molecule has 0 bridgehead atoms. The molecular formula is C15H25N5O2. The van der Waals surface area contributed by atoms with Gasteiger partial charge < -0.3 is 19.5 Å². The Morgan fingerprint density at radius 2 is 2.23 bits per heavy atom. The van der Waals surface area contributed by atoms with Crippen LogP contribution in [0.3, 0.4) is 0 Å². The summed E-state index contributed by atoms with van der Waals surface area (Å²) in [5, 5.41) is 11.4. The standard InChI is InChI=1S/C15H25N5O2/c1-11-17-18-14-13(4-3-7-20(11)14)16-15(21)19(2)8-9-22-10-12-5-6-12/h12-13H,3-10H2,1-2H3,(H,16,21). The van der Waals surface area contributed by atoms with E-state index < -0.39 is 0 Å². The van der Waals surface area contributed by atoms with Gasteiger partial charge in [0.05, 0.1) is 12.6 Å². The Morgan fingerprint density at radius 1 is 1.41 bits per heavy atom. The molecule has 7 heteroatoms. The van der Waals surface area contributed by atoms with Gasteiger partial charge >= 0.3 is 6.03 Å². The minimum atomic E-state index is -0.0749. The van der Waals surface area contributed by atoms with E-state index in [1.54, 1.807) is 11.9 Å². The lowest BCUT2D eigenvalue weighted by Crippen LogP contribution is -2.42. The largest absolute Gasteiger partial charge is 0.379 e. The van der Waals surface area contributed by atoms with Crippen molar-refractivity contribution in [2.75, 3.05) is 26.8 Å². The maximum absolute atomic E-state index is 12.3. The van der Waals surface area contributed by atoms with E-state index in [4.69, 9.17) is 4.74 Å². The highest BCUT2D eigenvalue weighted by Gasteiger charge is 2.26. The summed E-state index contributed by atoms with van der Waals surface area (Å²) in [6.45, 7) is 4.92. The summed E-state index contributed by atoms with van der Waals surface area (Å²) in [6, 6.07) is -0.119. The van der Waals surface area contributed by atoms with Crippen LogP contribution in [-0.4, -0.2) is 52.5 Å². The van der Waals surface area contributed by atoms with Gasteiger partial charge in [-0.2, -0.15) is 0 Å². The van der Waals surface area contributed by atoms with E-state index in [9.17, 15) is 4.79 Å². The molecule has 7 nitrogen and oxygen atoms in total. The lowest BCUT2D eigenvalue weighted by Gasteiger charge is -2.26. The van der Waals surface area contributed by atoms with Crippen molar-refractivity contribution in [1.29, 1.82) is 0 Å². The van der Waals surface area contributed by atoms with Gasteiger partial charge in [-0.05, 0) is 38.5 Å². The molecule has 0 spiro atoms.